The van der Waals surface area contributed by atoms with E-state index in [-0.39, 0.29) is 23.9 Å². The maximum atomic E-state index is 14.5. The number of ether oxygens (including phenoxy) is 2. The van der Waals surface area contributed by atoms with Crippen molar-refractivity contribution in [3.63, 3.8) is 0 Å². The summed E-state index contributed by atoms with van der Waals surface area (Å²) in [6.45, 7) is 5.96. The Bertz CT molecular complexity index is 1590. The molecule has 2 N–H and O–H groups in total. The lowest BCUT2D eigenvalue weighted by Crippen LogP contribution is -2.51. The van der Waals surface area contributed by atoms with Gasteiger partial charge in [-0.05, 0) is 41.1 Å². The average molecular weight is 599 g/mol. The van der Waals surface area contributed by atoms with Gasteiger partial charge in [0.15, 0.2) is 0 Å². The van der Waals surface area contributed by atoms with Gasteiger partial charge in [0.1, 0.15) is 11.3 Å². The molecule has 4 fully saturated rings. The van der Waals surface area contributed by atoms with Gasteiger partial charge in [0, 0.05) is 76.9 Å². The Morgan fingerprint density at radius 2 is 1.77 bits per heavy atom. The molecule has 0 saturated carbocycles. The van der Waals surface area contributed by atoms with Crippen molar-refractivity contribution in [2.45, 2.75) is 24.5 Å². The number of nitrogens with two attached hydrogens (primary N) is 1. The number of morpholine rings is 1. The van der Waals surface area contributed by atoms with Gasteiger partial charge in [-0.2, -0.15) is 0 Å². The van der Waals surface area contributed by atoms with Crippen LogP contribution < -0.4 is 15.4 Å². The monoisotopic (exact) mass is 598 g/mol. The summed E-state index contributed by atoms with van der Waals surface area (Å²) < 4.78 is 10.9. The summed E-state index contributed by atoms with van der Waals surface area (Å²) in [4.78, 5) is 39.2. The molecule has 3 aromatic rings. The summed E-state index contributed by atoms with van der Waals surface area (Å²) in [7, 11) is 5.72. The number of hydrogen-bond acceptors (Lipinski definition) is 8. The van der Waals surface area contributed by atoms with E-state index >= 15 is 0 Å². The minimum Gasteiger partial charge on any atom is -0.495 e. The van der Waals surface area contributed by atoms with Crippen LogP contribution in [0.5, 0.6) is 5.75 Å². The fourth-order valence-corrected chi connectivity index (χ4v) is 8.07. The van der Waals surface area contributed by atoms with E-state index < -0.39 is 5.54 Å². The van der Waals surface area contributed by atoms with Crippen LogP contribution in [0, 0.1) is 5.92 Å². The van der Waals surface area contributed by atoms with Crippen molar-refractivity contribution in [3.8, 4) is 5.75 Å². The molecule has 0 aromatic heterocycles. The van der Waals surface area contributed by atoms with Crippen molar-refractivity contribution in [2.24, 2.45) is 5.92 Å². The van der Waals surface area contributed by atoms with Gasteiger partial charge in [-0.25, -0.2) is 4.79 Å². The Balaban J connectivity index is 1.23. The van der Waals surface area contributed by atoms with E-state index in [2.05, 4.69) is 65.2 Å². The molecule has 44 heavy (non-hydrogen) atoms. The standard InChI is InChI=1S/C34H42N6O4/c1-36(2)29-10-9-27(25-6-4-5-7-26(25)29)30-19-24-21-38(20-23-8-11-31(43-3)28(35)18-23)22-34(24)32(41)39(33(42)40(30)34)13-12-37-14-16-44-17-15-37/h4-11,18,24,30H,12-17,19-22,35H2,1-3H3/t24-,30?,34+/m1/s1. The first kappa shape index (κ1) is 28.9. The molecule has 3 aromatic carbocycles. The van der Waals surface area contributed by atoms with Crippen molar-refractivity contribution in [1.29, 1.82) is 0 Å². The number of imide groups is 1. The minimum absolute atomic E-state index is 0.0280. The number of benzene rings is 3. The number of likely N-dealkylation sites (tertiary alicyclic amines) is 1. The lowest BCUT2D eigenvalue weighted by Gasteiger charge is -2.32. The third kappa shape index (κ3) is 4.58. The summed E-state index contributed by atoms with van der Waals surface area (Å²) in [6.07, 6.45) is 0.751. The van der Waals surface area contributed by atoms with Crippen molar-refractivity contribution in [3.05, 3.63) is 65.7 Å². The number of carbonyl (C=O) groups is 2. The van der Waals surface area contributed by atoms with Crippen LogP contribution in [0.1, 0.15) is 23.6 Å². The van der Waals surface area contributed by atoms with Crippen LogP contribution in [0.3, 0.4) is 0 Å². The summed E-state index contributed by atoms with van der Waals surface area (Å²) in [5.41, 5.74) is 9.25. The first-order chi connectivity index (χ1) is 21.3. The third-order valence-electron chi connectivity index (χ3n) is 10.1. The normalized spacial score (nSPS) is 25.6. The lowest BCUT2D eigenvalue weighted by molar-refractivity contribution is -0.133. The zero-order valence-electron chi connectivity index (χ0n) is 25.9. The van der Waals surface area contributed by atoms with Gasteiger partial charge >= 0.3 is 6.03 Å². The van der Waals surface area contributed by atoms with Gasteiger partial charge in [0.25, 0.3) is 5.91 Å². The van der Waals surface area contributed by atoms with Crippen LogP contribution in [0.2, 0.25) is 0 Å². The summed E-state index contributed by atoms with van der Waals surface area (Å²) in [6, 6.07) is 18.3. The third-order valence-corrected chi connectivity index (χ3v) is 10.1. The predicted molar refractivity (Wildman–Crippen MR) is 171 cm³/mol. The number of methoxy groups -OCH3 is 1. The van der Waals surface area contributed by atoms with E-state index in [0.29, 0.717) is 50.8 Å². The first-order valence-electron chi connectivity index (χ1n) is 15.6. The van der Waals surface area contributed by atoms with E-state index in [1.165, 1.54) is 0 Å². The molecular formula is C34H42N6O4. The number of urea groups is 1. The molecule has 4 heterocycles. The number of hydrogen-bond donors (Lipinski definition) is 1. The minimum atomic E-state index is -0.883. The Kier molecular flexibility index (Phi) is 7.39. The maximum Gasteiger partial charge on any atom is 0.328 e. The SMILES string of the molecule is COc1ccc(CN2C[C@H]3CC(c4ccc(N(C)C)c5ccccc45)N4C(=O)N(CCN5CCOCC5)C(=O)[C@]34C2)cc1N. The number of fused-ring (bicyclic) bond motifs is 1. The number of rotatable bonds is 8. The molecule has 0 bridgehead atoms. The topological polar surface area (TPSA) is 94.8 Å². The van der Waals surface area contributed by atoms with E-state index in [1.807, 2.05) is 23.1 Å². The van der Waals surface area contributed by atoms with Crippen LogP contribution >= 0.6 is 0 Å². The molecule has 10 nitrogen and oxygen atoms in total. The largest absolute Gasteiger partial charge is 0.495 e. The highest BCUT2D eigenvalue weighted by molar-refractivity contribution is 6.09. The molecule has 4 aliphatic rings. The first-order valence-corrected chi connectivity index (χ1v) is 15.6. The smallest absolute Gasteiger partial charge is 0.328 e. The van der Waals surface area contributed by atoms with Gasteiger partial charge in [0.05, 0.1) is 32.1 Å². The number of anilines is 2. The van der Waals surface area contributed by atoms with E-state index in [9.17, 15) is 9.59 Å². The highest BCUT2D eigenvalue weighted by Crippen LogP contribution is 2.56. The van der Waals surface area contributed by atoms with Crippen LogP contribution in [0.15, 0.2) is 54.6 Å². The fraction of sp³-hybridized carbons (Fsp3) is 0.471. The fourth-order valence-electron chi connectivity index (χ4n) is 8.07. The molecule has 0 aliphatic carbocycles. The second-order valence-electron chi connectivity index (χ2n) is 12.8. The summed E-state index contributed by atoms with van der Waals surface area (Å²) in [5, 5.41) is 2.29. The van der Waals surface area contributed by atoms with Crippen LogP contribution in [-0.2, 0) is 16.1 Å². The molecule has 7 rings (SSSR count). The number of nitrogen functional groups attached to an aromatic ring is 1. The summed E-state index contributed by atoms with van der Waals surface area (Å²) >= 11 is 0. The number of amides is 3. The van der Waals surface area contributed by atoms with Gasteiger partial charge in [0.2, 0.25) is 0 Å². The van der Waals surface area contributed by atoms with E-state index in [1.54, 1.807) is 12.0 Å². The lowest BCUT2D eigenvalue weighted by atomic mass is 9.87. The Morgan fingerprint density at radius 1 is 1.00 bits per heavy atom. The molecule has 232 valence electrons. The van der Waals surface area contributed by atoms with Crippen molar-refractivity contribution in [1.82, 2.24) is 19.6 Å². The molecule has 3 amide bonds. The van der Waals surface area contributed by atoms with E-state index in [0.717, 1.165) is 53.6 Å². The molecule has 10 heteroatoms. The second kappa shape index (κ2) is 11.3. The van der Waals surface area contributed by atoms with Gasteiger partial charge < -0.3 is 25.0 Å². The average Bonchev–Trinajstić information content (AvgIpc) is 3.60. The van der Waals surface area contributed by atoms with Crippen LogP contribution in [0.4, 0.5) is 16.2 Å². The Hall–Kier alpha value is -3.86. The zero-order valence-corrected chi connectivity index (χ0v) is 25.9. The predicted octanol–water partition coefficient (Wildman–Crippen LogP) is 3.41. The molecule has 4 saturated heterocycles. The molecule has 1 spiro atoms. The Morgan fingerprint density at radius 3 is 2.50 bits per heavy atom. The molecule has 4 aliphatic heterocycles. The highest BCUT2D eigenvalue weighted by Gasteiger charge is 2.70. The quantitative estimate of drug-likeness (QED) is 0.312. The van der Waals surface area contributed by atoms with Gasteiger partial charge in [-0.15, -0.1) is 0 Å². The number of nitrogens with zero attached hydrogens (tertiary/aromatic N) is 5. The number of carbonyl (C=O) groups excluding carboxylic acids is 2. The maximum absolute atomic E-state index is 14.5. The van der Waals surface area contributed by atoms with E-state index in [4.69, 9.17) is 15.2 Å². The second-order valence-corrected chi connectivity index (χ2v) is 12.8. The molecular weight excluding hydrogens is 556 g/mol. The van der Waals surface area contributed by atoms with Gasteiger partial charge in [-0.3, -0.25) is 19.5 Å². The summed E-state index contributed by atoms with van der Waals surface area (Å²) in [5.74, 6) is 0.633. The van der Waals surface area contributed by atoms with Crippen LogP contribution in [-0.4, -0.2) is 111 Å². The van der Waals surface area contributed by atoms with Gasteiger partial charge in [-0.1, -0.05) is 36.4 Å². The van der Waals surface area contributed by atoms with Crippen molar-refractivity contribution < 1.29 is 19.1 Å². The highest BCUT2D eigenvalue weighted by atomic mass is 16.5. The molecule has 1 unspecified atom stereocenters. The van der Waals surface area contributed by atoms with Crippen molar-refractivity contribution in [2.75, 3.05) is 84.3 Å². The molecule has 3 atom stereocenters. The Labute approximate surface area is 258 Å². The zero-order chi connectivity index (χ0) is 30.6. The van der Waals surface area contributed by atoms with Crippen molar-refractivity contribution >= 4 is 34.1 Å². The molecule has 0 radical (unpaired) electrons. The van der Waals surface area contributed by atoms with Crippen LogP contribution in [0.25, 0.3) is 10.8 Å².